The number of likely N-dealkylation sites (tertiary alicyclic amines) is 1. The number of aliphatic imine (C=N–C) groups is 1. The molecule has 0 saturated carbocycles. The Labute approximate surface area is 136 Å². The predicted octanol–water partition coefficient (Wildman–Crippen LogP) is 2.28. The minimum atomic E-state index is -0.269. The topological polar surface area (TPSA) is 60.1 Å². The van der Waals surface area contributed by atoms with Gasteiger partial charge in [0.05, 0.1) is 6.61 Å². The van der Waals surface area contributed by atoms with Crippen molar-refractivity contribution in [2.45, 2.75) is 32.8 Å². The quantitative estimate of drug-likeness (QED) is 0.685. The molecule has 0 amide bonds. The summed E-state index contributed by atoms with van der Waals surface area (Å²) in [6.07, 6.45) is 3.01. The highest BCUT2D eigenvalue weighted by Gasteiger charge is 2.18. The Balaban J connectivity index is 1.64. The van der Waals surface area contributed by atoms with Gasteiger partial charge >= 0.3 is 0 Å². The Morgan fingerprint density at radius 3 is 3.17 bits per heavy atom. The maximum Gasteiger partial charge on any atom is 0.191 e. The number of nitrogens with zero attached hydrogens (tertiary/aromatic N) is 2. The first-order chi connectivity index (χ1) is 11.1. The molecule has 3 rings (SSSR count). The van der Waals surface area contributed by atoms with Gasteiger partial charge in [0.1, 0.15) is 11.6 Å². The first-order valence-corrected chi connectivity index (χ1v) is 8.20. The van der Waals surface area contributed by atoms with E-state index in [1.807, 2.05) is 0 Å². The molecule has 5 nitrogen and oxygen atoms in total. The summed E-state index contributed by atoms with van der Waals surface area (Å²) in [7, 11) is 0. The summed E-state index contributed by atoms with van der Waals surface area (Å²) in [6.45, 7) is 5.29. The van der Waals surface area contributed by atoms with Crippen LogP contribution >= 0.6 is 0 Å². The molecule has 1 fully saturated rings. The third-order valence-electron chi connectivity index (χ3n) is 4.39. The molecule has 2 N–H and O–H groups in total. The zero-order chi connectivity index (χ0) is 16.2. The maximum absolute atomic E-state index is 13.7. The Bertz CT molecular complexity index is 591. The van der Waals surface area contributed by atoms with Crippen molar-refractivity contribution in [2.75, 3.05) is 26.4 Å². The second-order valence-corrected chi connectivity index (χ2v) is 6.35. The van der Waals surface area contributed by atoms with Gasteiger partial charge in [-0.05, 0) is 42.9 Å². The molecule has 2 aliphatic heterocycles. The highest BCUT2D eigenvalue weighted by atomic mass is 19.1. The summed E-state index contributed by atoms with van der Waals surface area (Å²) in [5.41, 5.74) is 7.68. The van der Waals surface area contributed by atoms with E-state index in [4.69, 9.17) is 15.2 Å². The summed E-state index contributed by atoms with van der Waals surface area (Å²) in [6, 6.07) is 2.98. The van der Waals surface area contributed by atoms with Gasteiger partial charge in [0.15, 0.2) is 12.8 Å². The van der Waals surface area contributed by atoms with Crippen LogP contribution in [0.4, 0.5) is 4.39 Å². The van der Waals surface area contributed by atoms with Crippen molar-refractivity contribution in [3.63, 3.8) is 0 Å². The van der Waals surface area contributed by atoms with Gasteiger partial charge in [-0.3, -0.25) is 4.99 Å². The third-order valence-corrected chi connectivity index (χ3v) is 4.39. The summed E-state index contributed by atoms with van der Waals surface area (Å²) >= 11 is 0. The monoisotopic (exact) mass is 321 g/mol. The summed E-state index contributed by atoms with van der Waals surface area (Å²) in [4.78, 5) is 6.61. The lowest BCUT2D eigenvalue weighted by molar-refractivity contribution is -0.0172. The van der Waals surface area contributed by atoms with Crippen LogP contribution in [0.1, 0.15) is 30.9 Å². The van der Waals surface area contributed by atoms with Gasteiger partial charge in [-0.25, -0.2) is 4.39 Å². The summed E-state index contributed by atoms with van der Waals surface area (Å²) < 4.78 is 24.4. The van der Waals surface area contributed by atoms with Gasteiger partial charge in [-0.2, -0.15) is 0 Å². The Morgan fingerprint density at radius 2 is 2.35 bits per heavy atom. The SMILES string of the molecule is CC1CCCN(C(N)=NCCc2cc(F)cc3c2OCOC3)C1. The van der Waals surface area contributed by atoms with E-state index in [0.29, 0.717) is 31.4 Å². The number of ether oxygens (including phenoxy) is 2. The van der Waals surface area contributed by atoms with Crippen molar-refractivity contribution in [3.05, 3.63) is 29.1 Å². The molecule has 0 spiro atoms. The second kappa shape index (κ2) is 7.17. The average molecular weight is 321 g/mol. The van der Waals surface area contributed by atoms with E-state index in [9.17, 15) is 4.39 Å². The fourth-order valence-corrected chi connectivity index (χ4v) is 3.23. The predicted molar refractivity (Wildman–Crippen MR) is 86.8 cm³/mol. The van der Waals surface area contributed by atoms with Gasteiger partial charge in [-0.1, -0.05) is 6.92 Å². The molecular formula is C17H24FN3O2. The number of halogens is 1. The van der Waals surface area contributed by atoms with E-state index in [1.165, 1.54) is 18.6 Å². The highest BCUT2D eigenvalue weighted by molar-refractivity contribution is 5.78. The number of nitrogens with two attached hydrogens (primary N) is 1. The van der Waals surface area contributed by atoms with Crippen LogP contribution in [0.2, 0.25) is 0 Å². The number of benzene rings is 1. The summed E-state index contributed by atoms with van der Waals surface area (Å²) in [5.74, 6) is 1.71. The second-order valence-electron chi connectivity index (χ2n) is 6.35. The van der Waals surface area contributed by atoms with Gasteiger partial charge in [0, 0.05) is 25.2 Å². The molecule has 2 heterocycles. The van der Waals surface area contributed by atoms with Gasteiger partial charge < -0.3 is 20.1 Å². The molecule has 1 aromatic carbocycles. The van der Waals surface area contributed by atoms with Crippen LogP contribution in [0.3, 0.4) is 0 Å². The molecule has 1 aromatic rings. The molecule has 1 atom stereocenters. The van der Waals surface area contributed by atoms with Crippen LogP contribution in [0.5, 0.6) is 5.75 Å². The lowest BCUT2D eigenvalue weighted by Gasteiger charge is -2.31. The Hall–Kier alpha value is -1.82. The molecule has 6 heteroatoms. The van der Waals surface area contributed by atoms with Crippen LogP contribution < -0.4 is 10.5 Å². The van der Waals surface area contributed by atoms with Gasteiger partial charge in [0.25, 0.3) is 0 Å². The number of piperidine rings is 1. The van der Waals surface area contributed by atoms with Crippen LogP contribution in [0.25, 0.3) is 0 Å². The zero-order valence-corrected chi connectivity index (χ0v) is 13.6. The molecular weight excluding hydrogens is 297 g/mol. The van der Waals surface area contributed by atoms with E-state index in [2.05, 4.69) is 16.8 Å². The normalized spacial score (nSPS) is 21.7. The lowest BCUT2D eigenvalue weighted by Crippen LogP contribution is -2.43. The van der Waals surface area contributed by atoms with Crippen molar-refractivity contribution in [1.82, 2.24) is 4.90 Å². The fraction of sp³-hybridized carbons (Fsp3) is 0.588. The Morgan fingerprint density at radius 1 is 1.48 bits per heavy atom. The van der Waals surface area contributed by atoms with Crippen molar-refractivity contribution >= 4 is 5.96 Å². The van der Waals surface area contributed by atoms with Gasteiger partial charge in [-0.15, -0.1) is 0 Å². The molecule has 126 valence electrons. The standard InChI is InChI=1S/C17H24FN3O2/c1-12-3-2-6-21(9-12)17(19)20-5-4-13-7-15(18)8-14-10-22-11-23-16(13)14/h7-8,12H,2-6,9-11H2,1H3,(H2,19,20). The number of hydrogen-bond donors (Lipinski definition) is 1. The van der Waals surface area contributed by atoms with Crippen LogP contribution in [-0.4, -0.2) is 37.3 Å². The van der Waals surface area contributed by atoms with Crippen LogP contribution in [-0.2, 0) is 17.8 Å². The minimum Gasteiger partial charge on any atom is -0.467 e. The highest BCUT2D eigenvalue weighted by Crippen LogP contribution is 2.29. The molecule has 0 aromatic heterocycles. The molecule has 2 aliphatic rings. The first kappa shape index (κ1) is 16.1. The van der Waals surface area contributed by atoms with E-state index in [-0.39, 0.29) is 12.6 Å². The summed E-state index contributed by atoms with van der Waals surface area (Å²) in [5, 5.41) is 0. The van der Waals surface area contributed by atoms with Gasteiger partial charge in [0.2, 0.25) is 0 Å². The smallest absolute Gasteiger partial charge is 0.191 e. The molecule has 23 heavy (non-hydrogen) atoms. The largest absolute Gasteiger partial charge is 0.467 e. The minimum absolute atomic E-state index is 0.211. The molecule has 0 bridgehead atoms. The molecule has 1 unspecified atom stereocenters. The fourth-order valence-electron chi connectivity index (χ4n) is 3.23. The number of rotatable bonds is 3. The van der Waals surface area contributed by atoms with Crippen LogP contribution in [0.15, 0.2) is 17.1 Å². The van der Waals surface area contributed by atoms with Crippen molar-refractivity contribution < 1.29 is 13.9 Å². The van der Waals surface area contributed by atoms with E-state index >= 15 is 0 Å². The van der Waals surface area contributed by atoms with Crippen molar-refractivity contribution in [2.24, 2.45) is 16.6 Å². The van der Waals surface area contributed by atoms with E-state index < -0.39 is 0 Å². The zero-order valence-electron chi connectivity index (χ0n) is 13.6. The first-order valence-electron chi connectivity index (χ1n) is 8.20. The third kappa shape index (κ3) is 3.93. The van der Waals surface area contributed by atoms with Crippen molar-refractivity contribution in [1.29, 1.82) is 0 Å². The van der Waals surface area contributed by atoms with E-state index in [1.54, 1.807) is 0 Å². The van der Waals surface area contributed by atoms with Crippen LogP contribution in [0, 0.1) is 11.7 Å². The number of hydrogen-bond acceptors (Lipinski definition) is 3. The molecule has 0 aliphatic carbocycles. The molecule has 0 radical (unpaired) electrons. The molecule has 1 saturated heterocycles. The Kier molecular flexibility index (Phi) is 5.00. The number of fused-ring (bicyclic) bond motifs is 1. The van der Waals surface area contributed by atoms with E-state index in [0.717, 1.165) is 36.4 Å². The lowest BCUT2D eigenvalue weighted by atomic mass is 10.0. The van der Waals surface area contributed by atoms with Crippen molar-refractivity contribution in [3.8, 4) is 5.75 Å². The number of guanidine groups is 1. The maximum atomic E-state index is 13.7. The average Bonchev–Trinajstić information content (AvgIpc) is 2.54.